The molecule has 1 aromatic carbocycles. The molecule has 37 heavy (non-hydrogen) atoms. The Morgan fingerprint density at radius 3 is 2.35 bits per heavy atom. The zero-order valence-electron chi connectivity index (χ0n) is 20.7. The zero-order valence-corrected chi connectivity index (χ0v) is 20.7. The van der Waals surface area contributed by atoms with Crippen molar-refractivity contribution in [1.29, 1.82) is 0 Å². The number of likely N-dealkylation sites (N-methyl/N-ethyl adjacent to an activating group) is 1. The highest BCUT2D eigenvalue weighted by Gasteiger charge is 2.64. The van der Waals surface area contributed by atoms with Crippen LogP contribution in [0.2, 0.25) is 0 Å². The molecule has 0 aromatic heterocycles. The van der Waals surface area contributed by atoms with Gasteiger partial charge in [-0.1, -0.05) is 0 Å². The van der Waals surface area contributed by atoms with E-state index in [1.54, 1.807) is 0 Å². The summed E-state index contributed by atoms with van der Waals surface area (Å²) in [5, 5.41) is 44.1. The third kappa shape index (κ3) is 3.62. The zero-order chi connectivity index (χ0) is 27.7. The van der Waals surface area contributed by atoms with E-state index in [0.717, 1.165) is 6.07 Å². The van der Waals surface area contributed by atoms with E-state index in [2.05, 4.69) is 0 Å². The van der Waals surface area contributed by atoms with E-state index in [0.29, 0.717) is 0 Å². The minimum atomic E-state index is -2.76. The SMILES string of the molecule is CC(=O)N(C)Cc1cc(O)c2c(c1F)C[C@H]1C[C@H]3[C@H](N(C)C)C(=O)C(C(N)=O)=C(O)[C@@]3(O)C(=O)C1=C2O. The van der Waals surface area contributed by atoms with Crippen LogP contribution in [0, 0.1) is 17.7 Å². The summed E-state index contributed by atoms with van der Waals surface area (Å²) in [6.45, 7) is 1.14. The Morgan fingerprint density at radius 2 is 1.81 bits per heavy atom. The maximum absolute atomic E-state index is 15.6. The highest BCUT2D eigenvalue weighted by molar-refractivity contribution is 6.24. The number of fused-ring (bicyclic) bond motifs is 3. The number of hydrogen-bond donors (Lipinski definition) is 5. The number of nitrogens with two attached hydrogens (primary N) is 1. The van der Waals surface area contributed by atoms with E-state index in [1.165, 1.54) is 37.9 Å². The number of amides is 2. The molecule has 4 rings (SSSR count). The molecule has 1 fully saturated rings. The van der Waals surface area contributed by atoms with Crippen molar-refractivity contribution in [3.63, 3.8) is 0 Å². The number of halogens is 1. The summed E-state index contributed by atoms with van der Waals surface area (Å²) in [5.41, 5.74) is 0.814. The van der Waals surface area contributed by atoms with E-state index in [-0.39, 0.29) is 47.6 Å². The van der Waals surface area contributed by atoms with Crippen LogP contribution in [0.3, 0.4) is 0 Å². The molecule has 4 atom stereocenters. The molecular formula is C25H28FN3O8. The average molecular weight is 518 g/mol. The number of phenols is 1. The Morgan fingerprint density at radius 1 is 1.19 bits per heavy atom. The van der Waals surface area contributed by atoms with Crippen molar-refractivity contribution in [2.75, 3.05) is 21.1 Å². The summed E-state index contributed by atoms with van der Waals surface area (Å²) in [6.07, 6.45) is -0.324. The molecule has 11 nitrogen and oxygen atoms in total. The number of primary amides is 1. The number of aliphatic hydroxyl groups is 3. The lowest BCUT2D eigenvalue weighted by Gasteiger charge is -2.50. The molecule has 0 radical (unpaired) electrons. The number of carbonyl (C=O) groups is 4. The van der Waals surface area contributed by atoms with Gasteiger partial charge in [0.1, 0.15) is 28.7 Å². The summed E-state index contributed by atoms with van der Waals surface area (Å²) in [5.74, 6) is -9.14. The molecule has 2 amide bonds. The van der Waals surface area contributed by atoms with Gasteiger partial charge in [0, 0.05) is 43.1 Å². The van der Waals surface area contributed by atoms with Crippen LogP contribution in [0.4, 0.5) is 4.39 Å². The number of carbonyl (C=O) groups excluding carboxylic acids is 4. The van der Waals surface area contributed by atoms with E-state index < -0.39 is 69.6 Å². The van der Waals surface area contributed by atoms with Gasteiger partial charge in [-0.05, 0) is 38.9 Å². The lowest BCUT2D eigenvalue weighted by molar-refractivity contribution is -0.153. The number of benzene rings is 1. The summed E-state index contributed by atoms with van der Waals surface area (Å²) in [4.78, 5) is 53.0. The molecule has 0 unspecified atom stereocenters. The predicted octanol–water partition coefficient (Wildman–Crippen LogP) is 0.0814. The maximum atomic E-state index is 15.6. The van der Waals surface area contributed by atoms with E-state index in [1.807, 2.05) is 0 Å². The van der Waals surface area contributed by atoms with Gasteiger partial charge >= 0.3 is 0 Å². The quantitative estimate of drug-likeness (QED) is 0.346. The standard InChI is InChI=1S/C25H28FN3O8/c1-9(30)29(4)8-11-7-14(31)16-12(18(11)26)5-10-6-13-19(28(2)3)21(33)17(24(27)36)23(35)25(13,37)22(34)15(10)20(16)32/h7,10,13,19,31-32,35,37H,5-6,8H2,1-4H3,(H2,27,36)/t10-,13-,19-,25-/m0/s1. The molecule has 12 heteroatoms. The molecule has 0 spiro atoms. The smallest absolute Gasteiger partial charge is 0.255 e. The van der Waals surface area contributed by atoms with E-state index in [9.17, 15) is 39.6 Å². The first-order chi connectivity index (χ1) is 17.1. The molecule has 0 heterocycles. The van der Waals surface area contributed by atoms with E-state index >= 15 is 4.39 Å². The number of aliphatic hydroxyl groups excluding tert-OH is 2. The van der Waals surface area contributed by atoms with Crippen molar-refractivity contribution in [1.82, 2.24) is 9.80 Å². The van der Waals surface area contributed by atoms with Crippen molar-refractivity contribution in [2.24, 2.45) is 17.6 Å². The number of phenolic OH excluding ortho intramolecular Hbond substituents is 1. The fraction of sp³-hybridized carbons (Fsp3) is 0.440. The van der Waals surface area contributed by atoms with E-state index in [4.69, 9.17) is 5.73 Å². The van der Waals surface area contributed by atoms with Crippen molar-refractivity contribution in [2.45, 2.75) is 38.0 Å². The van der Waals surface area contributed by atoms with Crippen LogP contribution < -0.4 is 5.73 Å². The lowest BCUT2D eigenvalue weighted by Crippen LogP contribution is -2.65. The molecule has 198 valence electrons. The molecular weight excluding hydrogens is 489 g/mol. The van der Waals surface area contributed by atoms with Gasteiger partial charge in [0.2, 0.25) is 11.7 Å². The van der Waals surface area contributed by atoms with Crippen LogP contribution in [-0.4, -0.2) is 86.4 Å². The second kappa shape index (κ2) is 8.67. The molecule has 6 N–H and O–H groups in total. The third-order valence-corrected chi connectivity index (χ3v) is 7.67. The normalized spacial score (nSPS) is 27.2. The number of rotatable bonds is 4. The van der Waals surface area contributed by atoms with Gasteiger partial charge in [-0.2, -0.15) is 0 Å². The van der Waals surface area contributed by atoms with Crippen LogP contribution in [0.15, 0.2) is 23.0 Å². The van der Waals surface area contributed by atoms with Gasteiger partial charge in [0.25, 0.3) is 5.91 Å². The minimum Gasteiger partial charge on any atom is -0.508 e. The van der Waals surface area contributed by atoms with Gasteiger partial charge in [-0.15, -0.1) is 0 Å². The van der Waals surface area contributed by atoms with Gasteiger partial charge in [-0.3, -0.25) is 24.1 Å². The largest absolute Gasteiger partial charge is 0.508 e. The first-order valence-electron chi connectivity index (χ1n) is 11.5. The fourth-order valence-corrected chi connectivity index (χ4v) is 5.83. The Bertz CT molecular complexity index is 1330. The first-order valence-corrected chi connectivity index (χ1v) is 11.5. The Kier molecular flexibility index (Phi) is 6.16. The van der Waals surface area contributed by atoms with Crippen LogP contribution in [0.1, 0.15) is 30.0 Å². The van der Waals surface area contributed by atoms with Crippen LogP contribution in [-0.2, 0) is 32.1 Å². The maximum Gasteiger partial charge on any atom is 0.255 e. The van der Waals surface area contributed by atoms with Gasteiger partial charge in [0.05, 0.1) is 11.6 Å². The molecule has 0 bridgehead atoms. The van der Waals surface area contributed by atoms with Crippen molar-refractivity contribution < 1.29 is 44.0 Å². The Hall–Kier alpha value is -3.77. The highest BCUT2D eigenvalue weighted by Crippen LogP contribution is 2.53. The van der Waals surface area contributed by atoms with Crippen molar-refractivity contribution >= 4 is 29.1 Å². The van der Waals surface area contributed by atoms with Gasteiger partial charge in [0.15, 0.2) is 11.4 Å². The second-order valence-electron chi connectivity index (χ2n) is 10.1. The predicted molar refractivity (Wildman–Crippen MR) is 126 cm³/mol. The van der Waals surface area contributed by atoms with Crippen LogP contribution in [0.25, 0.3) is 5.76 Å². The average Bonchev–Trinajstić information content (AvgIpc) is 2.78. The Labute approximate surface area is 211 Å². The molecule has 0 aliphatic heterocycles. The fourth-order valence-electron chi connectivity index (χ4n) is 5.83. The van der Waals surface area contributed by atoms with Gasteiger partial charge in [-0.25, -0.2) is 4.39 Å². The van der Waals surface area contributed by atoms with Gasteiger partial charge < -0.3 is 31.1 Å². The molecule has 3 aliphatic rings. The van der Waals surface area contributed by atoms with Crippen LogP contribution >= 0.6 is 0 Å². The number of aromatic hydroxyl groups is 1. The van der Waals surface area contributed by atoms with Crippen molar-refractivity contribution in [3.05, 3.63) is 45.5 Å². The Balaban J connectivity index is 1.92. The summed E-state index contributed by atoms with van der Waals surface area (Å²) in [7, 11) is 4.43. The van der Waals surface area contributed by atoms with Crippen LogP contribution in [0.5, 0.6) is 5.75 Å². The summed E-state index contributed by atoms with van der Waals surface area (Å²) in [6, 6.07) is -0.189. The highest BCUT2D eigenvalue weighted by atomic mass is 19.1. The monoisotopic (exact) mass is 517 g/mol. The summed E-state index contributed by atoms with van der Waals surface area (Å²) < 4.78 is 15.6. The molecule has 0 saturated heterocycles. The molecule has 1 aromatic rings. The summed E-state index contributed by atoms with van der Waals surface area (Å²) >= 11 is 0. The second-order valence-corrected chi connectivity index (χ2v) is 10.1. The minimum absolute atomic E-state index is 0.00506. The number of hydrogen-bond acceptors (Lipinski definition) is 9. The molecule has 3 aliphatic carbocycles. The number of ketones is 2. The van der Waals surface area contributed by atoms with Crippen molar-refractivity contribution in [3.8, 4) is 5.75 Å². The molecule has 1 saturated carbocycles. The number of nitrogens with zero attached hydrogens (tertiary/aromatic N) is 2. The first kappa shape index (κ1) is 26.3. The number of Topliss-reactive ketones (excluding diaryl/α,β-unsaturated/α-hetero) is 2. The lowest BCUT2D eigenvalue weighted by atomic mass is 9.57. The third-order valence-electron chi connectivity index (χ3n) is 7.67. The topological polar surface area (TPSA) is 182 Å².